The molecule has 0 radical (unpaired) electrons. The third kappa shape index (κ3) is 3.91. The zero-order valence-corrected chi connectivity index (χ0v) is 13.8. The van der Waals surface area contributed by atoms with Crippen molar-refractivity contribution in [3.63, 3.8) is 0 Å². The van der Waals surface area contributed by atoms with E-state index in [9.17, 15) is 9.59 Å². The Labute approximate surface area is 137 Å². The van der Waals surface area contributed by atoms with E-state index in [-0.39, 0.29) is 11.8 Å². The predicted molar refractivity (Wildman–Crippen MR) is 89.6 cm³/mol. The molecule has 5 nitrogen and oxygen atoms in total. The zero-order valence-electron chi connectivity index (χ0n) is 13.8. The highest BCUT2D eigenvalue weighted by Gasteiger charge is 2.22. The SMILES string of the molecule is CN1CCN(C(=O)c2cccc(C(=O)NC3CCCC3)c2)CC1. The van der Waals surface area contributed by atoms with Crippen LogP contribution in [0, 0.1) is 0 Å². The van der Waals surface area contributed by atoms with Gasteiger partial charge in [-0.05, 0) is 38.1 Å². The number of rotatable bonds is 3. The number of nitrogens with zero attached hydrogens (tertiary/aromatic N) is 2. The first-order chi connectivity index (χ1) is 11.1. The third-order valence-electron chi connectivity index (χ3n) is 4.85. The van der Waals surface area contributed by atoms with Crippen molar-refractivity contribution in [3.8, 4) is 0 Å². The maximum absolute atomic E-state index is 12.6. The fraction of sp³-hybridized carbons (Fsp3) is 0.556. The smallest absolute Gasteiger partial charge is 0.253 e. The van der Waals surface area contributed by atoms with E-state index in [1.54, 1.807) is 24.3 Å². The Morgan fingerprint density at radius 2 is 1.70 bits per heavy atom. The lowest BCUT2D eigenvalue weighted by Crippen LogP contribution is -2.47. The molecule has 0 unspecified atom stereocenters. The second kappa shape index (κ2) is 7.13. The van der Waals surface area contributed by atoms with Gasteiger partial charge < -0.3 is 15.1 Å². The predicted octanol–water partition coefficient (Wildman–Crippen LogP) is 1.75. The molecule has 23 heavy (non-hydrogen) atoms. The first-order valence-corrected chi connectivity index (χ1v) is 8.52. The second-order valence-electron chi connectivity index (χ2n) is 6.63. The lowest BCUT2D eigenvalue weighted by atomic mass is 10.1. The molecular weight excluding hydrogens is 290 g/mol. The highest BCUT2D eigenvalue weighted by atomic mass is 16.2. The van der Waals surface area contributed by atoms with Crippen LogP contribution in [0.1, 0.15) is 46.4 Å². The highest BCUT2D eigenvalue weighted by Crippen LogP contribution is 2.18. The number of likely N-dealkylation sites (N-methyl/N-ethyl adjacent to an activating group) is 1. The second-order valence-corrected chi connectivity index (χ2v) is 6.63. The number of nitrogens with one attached hydrogen (secondary N) is 1. The van der Waals surface area contributed by atoms with E-state index in [1.807, 2.05) is 4.90 Å². The van der Waals surface area contributed by atoms with Gasteiger partial charge in [-0.25, -0.2) is 0 Å². The van der Waals surface area contributed by atoms with Crippen LogP contribution in [0.5, 0.6) is 0 Å². The molecule has 0 bridgehead atoms. The van der Waals surface area contributed by atoms with Crippen LogP contribution in [0.3, 0.4) is 0 Å². The Kier molecular flexibility index (Phi) is 4.96. The molecule has 2 aliphatic rings. The van der Waals surface area contributed by atoms with E-state index in [0.29, 0.717) is 17.2 Å². The summed E-state index contributed by atoms with van der Waals surface area (Å²) in [5.74, 6) is -0.0430. The Morgan fingerprint density at radius 1 is 1.04 bits per heavy atom. The molecule has 124 valence electrons. The Morgan fingerprint density at radius 3 is 2.39 bits per heavy atom. The van der Waals surface area contributed by atoms with Crippen molar-refractivity contribution in [1.82, 2.24) is 15.1 Å². The maximum atomic E-state index is 12.6. The minimum Gasteiger partial charge on any atom is -0.349 e. The van der Waals surface area contributed by atoms with Gasteiger partial charge in [0.15, 0.2) is 0 Å². The molecule has 1 aliphatic carbocycles. The van der Waals surface area contributed by atoms with Crippen LogP contribution in [0.15, 0.2) is 24.3 Å². The third-order valence-corrected chi connectivity index (χ3v) is 4.85. The van der Waals surface area contributed by atoms with Gasteiger partial charge >= 0.3 is 0 Å². The average Bonchev–Trinajstić information content (AvgIpc) is 3.08. The molecule has 1 saturated heterocycles. The van der Waals surface area contributed by atoms with Crippen LogP contribution < -0.4 is 5.32 Å². The van der Waals surface area contributed by atoms with Gasteiger partial charge in [-0.2, -0.15) is 0 Å². The number of hydrogen-bond donors (Lipinski definition) is 1. The van der Waals surface area contributed by atoms with E-state index in [0.717, 1.165) is 39.0 Å². The summed E-state index contributed by atoms with van der Waals surface area (Å²) in [7, 11) is 2.07. The molecule has 1 N–H and O–H groups in total. The van der Waals surface area contributed by atoms with Crippen molar-refractivity contribution in [3.05, 3.63) is 35.4 Å². The van der Waals surface area contributed by atoms with Crippen LogP contribution in [-0.2, 0) is 0 Å². The summed E-state index contributed by atoms with van der Waals surface area (Å²) in [6.07, 6.45) is 4.50. The standard InChI is InChI=1S/C18H25N3O2/c1-20-9-11-21(12-10-20)18(23)15-6-4-5-14(13-15)17(22)19-16-7-2-3-8-16/h4-6,13,16H,2-3,7-12H2,1H3,(H,19,22). The van der Waals surface area contributed by atoms with Gasteiger partial charge in [0.2, 0.25) is 0 Å². The van der Waals surface area contributed by atoms with Crippen LogP contribution >= 0.6 is 0 Å². The number of carbonyl (C=O) groups excluding carboxylic acids is 2. The Hall–Kier alpha value is -1.88. The van der Waals surface area contributed by atoms with Gasteiger partial charge in [-0.3, -0.25) is 9.59 Å². The van der Waals surface area contributed by atoms with Gasteiger partial charge in [0.05, 0.1) is 0 Å². The molecule has 3 rings (SSSR count). The molecule has 5 heteroatoms. The number of benzene rings is 1. The first kappa shape index (κ1) is 16.0. The molecule has 2 fully saturated rings. The molecule has 2 amide bonds. The van der Waals surface area contributed by atoms with Crippen molar-refractivity contribution in [2.24, 2.45) is 0 Å². The molecule has 1 aliphatic heterocycles. The maximum Gasteiger partial charge on any atom is 0.253 e. The molecule has 0 atom stereocenters. The van der Waals surface area contributed by atoms with Crippen molar-refractivity contribution in [2.45, 2.75) is 31.7 Å². The first-order valence-electron chi connectivity index (χ1n) is 8.52. The quantitative estimate of drug-likeness (QED) is 0.924. The van der Waals surface area contributed by atoms with E-state index >= 15 is 0 Å². The lowest BCUT2D eigenvalue weighted by molar-refractivity contribution is 0.0664. The van der Waals surface area contributed by atoms with Gasteiger partial charge in [0.25, 0.3) is 11.8 Å². The molecule has 1 saturated carbocycles. The molecule has 1 aromatic rings. The van der Waals surface area contributed by atoms with Crippen LogP contribution in [-0.4, -0.2) is 60.9 Å². The minimum atomic E-state index is -0.0649. The topological polar surface area (TPSA) is 52.7 Å². The Balaban J connectivity index is 1.66. The van der Waals surface area contributed by atoms with Crippen LogP contribution in [0.25, 0.3) is 0 Å². The number of carbonyl (C=O) groups is 2. The van der Waals surface area contributed by atoms with E-state index < -0.39 is 0 Å². The monoisotopic (exact) mass is 315 g/mol. The molecular formula is C18H25N3O2. The van der Waals surface area contributed by atoms with Crippen molar-refractivity contribution < 1.29 is 9.59 Å². The van der Waals surface area contributed by atoms with Crippen molar-refractivity contribution >= 4 is 11.8 Å². The van der Waals surface area contributed by atoms with Gasteiger partial charge in [0.1, 0.15) is 0 Å². The molecule has 1 heterocycles. The number of amides is 2. The fourth-order valence-electron chi connectivity index (χ4n) is 3.32. The van der Waals surface area contributed by atoms with E-state index in [1.165, 1.54) is 12.8 Å². The van der Waals surface area contributed by atoms with E-state index in [4.69, 9.17) is 0 Å². The van der Waals surface area contributed by atoms with Crippen LogP contribution in [0.4, 0.5) is 0 Å². The normalized spacial score (nSPS) is 19.8. The van der Waals surface area contributed by atoms with Crippen molar-refractivity contribution in [2.75, 3.05) is 33.2 Å². The summed E-state index contributed by atoms with van der Waals surface area (Å²) < 4.78 is 0. The largest absolute Gasteiger partial charge is 0.349 e. The summed E-state index contributed by atoms with van der Waals surface area (Å²) in [5, 5.41) is 3.08. The summed E-state index contributed by atoms with van der Waals surface area (Å²) in [6.45, 7) is 3.28. The Bertz CT molecular complexity index is 573. The number of hydrogen-bond acceptors (Lipinski definition) is 3. The summed E-state index contributed by atoms with van der Waals surface area (Å²) in [4.78, 5) is 29.0. The van der Waals surface area contributed by atoms with E-state index in [2.05, 4.69) is 17.3 Å². The van der Waals surface area contributed by atoms with Crippen LogP contribution in [0.2, 0.25) is 0 Å². The highest BCUT2D eigenvalue weighted by molar-refractivity contribution is 5.99. The van der Waals surface area contributed by atoms with Gasteiger partial charge in [-0.1, -0.05) is 18.9 Å². The fourth-order valence-corrected chi connectivity index (χ4v) is 3.32. The summed E-state index contributed by atoms with van der Waals surface area (Å²) in [5.41, 5.74) is 1.19. The number of piperazine rings is 1. The molecule has 0 spiro atoms. The molecule has 1 aromatic carbocycles. The average molecular weight is 315 g/mol. The zero-order chi connectivity index (χ0) is 16.2. The minimum absolute atomic E-state index is 0.0219. The summed E-state index contributed by atoms with van der Waals surface area (Å²) >= 11 is 0. The van der Waals surface area contributed by atoms with Gasteiger partial charge in [0, 0.05) is 43.3 Å². The molecule has 0 aromatic heterocycles. The van der Waals surface area contributed by atoms with Gasteiger partial charge in [-0.15, -0.1) is 0 Å². The summed E-state index contributed by atoms with van der Waals surface area (Å²) in [6, 6.07) is 7.40. The van der Waals surface area contributed by atoms with Crippen molar-refractivity contribution in [1.29, 1.82) is 0 Å². The lowest BCUT2D eigenvalue weighted by Gasteiger charge is -2.32.